The fourth-order valence-electron chi connectivity index (χ4n) is 8.70. The molecule has 0 heterocycles. The Kier molecular flexibility index (Phi) is 48.6. The number of esters is 3. The molecular weight excluding hydrogens is 781 g/mol. The Labute approximate surface area is 393 Å². The van der Waals surface area contributed by atoms with E-state index >= 15 is 0 Å². The summed E-state index contributed by atoms with van der Waals surface area (Å²) in [5.41, 5.74) is 0. The maximum Gasteiger partial charge on any atom is 0.306 e. The van der Waals surface area contributed by atoms with Crippen LogP contribution in [0.25, 0.3) is 0 Å². The Hall–Kier alpha value is -1.59. The van der Waals surface area contributed by atoms with E-state index in [-0.39, 0.29) is 31.1 Å². The van der Waals surface area contributed by atoms with Crippen molar-refractivity contribution in [3.8, 4) is 0 Å². The van der Waals surface area contributed by atoms with Crippen LogP contribution in [-0.2, 0) is 28.6 Å². The van der Waals surface area contributed by atoms with E-state index in [1.807, 2.05) is 0 Å². The first kappa shape index (κ1) is 61.4. The Morgan fingerprint density at radius 3 is 0.778 bits per heavy atom. The van der Waals surface area contributed by atoms with Gasteiger partial charge in [0.15, 0.2) is 6.10 Å². The molecule has 374 valence electrons. The van der Waals surface area contributed by atoms with Crippen LogP contribution in [0.15, 0.2) is 0 Å². The minimum absolute atomic E-state index is 0.0630. The van der Waals surface area contributed by atoms with Crippen LogP contribution < -0.4 is 0 Å². The zero-order chi connectivity index (χ0) is 46.1. The van der Waals surface area contributed by atoms with E-state index in [2.05, 4.69) is 34.6 Å². The molecule has 0 aromatic rings. The molecule has 63 heavy (non-hydrogen) atoms. The lowest BCUT2D eigenvalue weighted by Crippen LogP contribution is -2.30. The van der Waals surface area contributed by atoms with Gasteiger partial charge in [0.1, 0.15) is 13.2 Å². The SMILES string of the molecule is CCCCCCCCCCCCC(=O)OC[C@H](COC(=O)CCCCCCCCCCCCCCCCCCCCC(C)C)OC(=O)CCCCCCCCCCCCCC(C)C. The number of ether oxygens (including phenoxy) is 3. The molecule has 0 aliphatic rings. The molecule has 0 fully saturated rings. The summed E-state index contributed by atoms with van der Waals surface area (Å²) in [6, 6.07) is 0. The van der Waals surface area contributed by atoms with Crippen LogP contribution in [0, 0.1) is 11.8 Å². The molecule has 6 heteroatoms. The topological polar surface area (TPSA) is 78.9 Å². The number of carbonyl (C=O) groups is 3. The van der Waals surface area contributed by atoms with Crippen molar-refractivity contribution < 1.29 is 28.6 Å². The second kappa shape index (κ2) is 49.8. The third kappa shape index (κ3) is 51.3. The molecule has 6 nitrogen and oxygen atoms in total. The number of unbranched alkanes of at least 4 members (excludes halogenated alkanes) is 36. The van der Waals surface area contributed by atoms with Crippen molar-refractivity contribution in [2.24, 2.45) is 11.8 Å². The van der Waals surface area contributed by atoms with Crippen LogP contribution in [0.3, 0.4) is 0 Å². The van der Waals surface area contributed by atoms with Crippen molar-refractivity contribution in [2.75, 3.05) is 13.2 Å². The molecule has 0 radical (unpaired) electrons. The van der Waals surface area contributed by atoms with Gasteiger partial charge in [0, 0.05) is 19.3 Å². The van der Waals surface area contributed by atoms with E-state index in [0.29, 0.717) is 19.3 Å². The van der Waals surface area contributed by atoms with Gasteiger partial charge in [0.05, 0.1) is 0 Å². The van der Waals surface area contributed by atoms with E-state index < -0.39 is 6.10 Å². The summed E-state index contributed by atoms with van der Waals surface area (Å²) in [4.78, 5) is 38.0. The van der Waals surface area contributed by atoms with Crippen molar-refractivity contribution in [1.82, 2.24) is 0 Å². The van der Waals surface area contributed by atoms with Gasteiger partial charge < -0.3 is 14.2 Å². The van der Waals surface area contributed by atoms with Gasteiger partial charge in [-0.15, -0.1) is 0 Å². The molecule has 1 atom stereocenters. The van der Waals surface area contributed by atoms with Gasteiger partial charge in [0.2, 0.25) is 0 Å². The monoisotopic (exact) mass is 891 g/mol. The second-order valence-corrected chi connectivity index (χ2v) is 20.5. The predicted octanol–water partition coefficient (Wildman–Crippen LogP) is 18.5. The van der Waals surface area contributed by atoms with Crippen LogP contribution in [0.4, 0.5) is 0 Å². The maximum absolute atomic E-state index is 12.8. The highest BCUT2D eigenvalue weighted by Gasteiger charge is 2.19. The van der Waals surface area contributed by atoms with Crippen LogP contribution in [0.1, 0.15) is 317 Å². The minimum Gasteiger partial charge on any atom is -0.462 e. The number of carbonyl (C=O) groups excluding carboxylic acids is 3. The van der Waals surface area contributed by atoms with Crippen LogP contribution in [-0.4, -0.2) is 37.2 Å². The molecule has 0 saturated heterocycles. The molecule has 0 aliphatic heterocycles. The van der Waals surface area contributed by atoms with Crippen molar-refractivity contribution in [2.45, 2.75) is 323 Å². The first-order valence-electron chi connectivity index (χ1n) is 28.2. The van der Waals surface area contributed by atoms with E-state index in [4.69, 9.17) is 14.2 Å². The highest BCUT2D eigenvalue weighted by molar-refractivity contribution is 5.71. The Bertz CT molecular complexity index is 962. The molecule has 0 bridgehead atoms. The van der Waals surface area contributed by atoms with Crippen molar-refractivity contribution in [3.63, 3.8) is 0 Å². The van der Waals surface area contributed by atoms with E-state index in [1.165, 1.54) is 205 Å². The van der Waals surface area contributed by atoms with Gasteiger partial charge in [-0.05, 0) is 31.1 Å². The van der Waals surface area contributed by atoms with Gasteiger partial charge in [-0.3, -0.25) is 14.4 Å². The summed E-state index contributed by atoms with van der Waals surface area (Å²) < 4.78 is 16.8. The standard InChI is InChI=1S/C57H110O6/c1-6-7-8-9-10-11-27-32-37-42-47-55(58)61-50-54(63-57(60)49-44-39-34-29-24-20-22-26-31-36-41-46-53(4)5)51-62-56(59)48-43-38-33-28-23-19-17-15-13-12-14-16-18-21-25-30-35-40-45-52(2)3/h52-54H,6-51H2,1-5H3/t54-/m1/s1. The van der Waals surface area contributed by atoms with E-state index in [0.717, 1.165) is 69.6 Å². The van der Waals surface area contributed by atoms with Crippen molar-refractivity contribution in [3.05, 3.63) is 0 Å². The Morgan fingerprint density at radius 2 is 0.524 bits per heavy atom. The quantitative estimate of drug-likeness (QED) is 0.0344. The Balaban J connectivity index is 4.20. The molecule has 0 saturated carbocycles. The average molecular weight is 892 g/mol. The molecule has 0 rings (SSSR count). The molecule has 0 aromatic heterocycles. The summed E-state index contributed by atoms with van der Waals surface area (Å²) >= 11 is 0. The molecule has 0 aromatic carbocycles. The van der Waals surface area contributed by atoms with Gasteiger partial charge in [0.25, 0.3) is 0 Å². The zero-order valence-corrected chi connectivity index (χ0v) is 43.2. The first-order chi connectivity index (χ1) is 30.7. The summed E-state index contributed by atoms with van der Waals surface area (Å²) in [6.07, 6.45) is 52.4. The molecule has 0 aliphatic carbocycles. The summed E-state index contributed by atoms with van der Waals surface area (Å²) in [5.74, 6) is 0.840. The number of rotatable bonds is 51. The molecule has 0 N–H and O–H groups in total. The zero-order valence-electron chi connectivity index (χ0n) is 43.2. The van der Waals surface area contributed by atoms with Gasteiger partial charge in [-0.25, -0.2) is 0 Å². The molecule has 0 spiro atoms. The largest absolute Gasteiger partial charge is 0.462 e. The maximum atomic E-state index is 12.8. The van der Waals surface area contributed by atoms with Gasteiger partial charge >= 0.3 is 17.9 Å². The summed E-state index contributed by atoms with van der Waals surface area (Å²) in [5, 5.41) is 0. The average Bonchev–Trinajstić information content (AvgIpc) is 3.25. The summed E-state index contributed by atoms with van der Waals surface area (Å²) in [7, 11) is 0. The lowest BCUT2D eigenvalue weighted by molar-refractivity contribution is -0.167. The van der Waals surface area contributed by atoms with Crippen LogP contribution in [0.2, 0.25) is 0 Å². The predicted molar refractivity (Wildman–Crippen MR) is 270 cm³/mol. The lowest BCUT2D eigenvalue weighted by atomic mass is 10.0. The van der Waals surface area contributed by atoms with Crippen molar-refractivity contribution in [1.29, 1.82) is 0 Å². The first-order valence-corrected chi connectivity index (χ1v) is 28.2. The van der Waals surface area contributed by atoms with Gasteiger partial charge in [-0.1, -0.05) is 279 Å². The minimum atomic E-state index is -0.761. The molecule has 0 amide bonds. The Morgan fingerprint density at radius 1 is 0.302 bits per heavy atom. The number of hydrogen-bond donors (Lipinski definition) is 0. The highest BCUT2D eigenvalue weighted by Crippen LogP contribution is 2.18. The molecule has 0 unspecified atom stereocenters. The fraction of sp³-hybridized carbons (Fsp3) is 0.947. The second-order valence-electron chi connectivity index (χ2n) is 20.5. The third-order valence-corrected chi connectivity index (χ3v) is 13.0. The third-order valence-electron chi connectivity index (χ3n) is 13.0. The van der Waals surface area contributed by atoms with E-state index in [1.54, 1.807) is 0 Å². The smallest absolute Gasteiger partial charge is 0.306 e. The van der Waals surface area contributed by atoms with Crippen LogP contribution in [0.5, 0.6) is 0 Å². The molecular formula is C57H110O6. The van der Waals surface area contributed by atoms with E-state index in [9.17, 15) is 14.4 Å². The highest BCUT2D eigenvalue weighted by atomic mass is 16.6. The van der Waals surface area contributed by atoms with Crippen molar-refractivity contribution >= 4 is 17.9 Å². The normalized spacial score (nSPS) is 12.0. The fourth-order valence-corrected chi connectivity index (χ4v) is 8.70. The van der Waals surface area contributed by atoms with Gasteiger partial charge in [-0.2, -0.15) is 0 Å². The van der Waals surface area contributed by atoms with Crippen LogP contribution >= 0.6 is 0 Å². The number of hydrogen-bond acceptors (Lipinski definition) is 6. The summed E-state index contributed by atoms with van der Waals surface area (Å²) in [6.45, 7) is 11.4. The lowest BCUT2D eigenvalue weighted by Gasteiger charge is -2.18.